The summed E-state index contributed by atoms with van der Waals surface area (Å²) >= 11 is 0. The van der Waals surface area contributed by atoms with Gasteiger partial charge in [0.25, 0.3) is 5.56 Å². The molecule has 0 aliphatic carbocycles. The molecule has 10 heteroatoms. The van der Waals surface area contributed by atoms with Gasteiger partial charge in [0.1, 0.15) is 0 Å². The summed E-state index contributed by atoms with van der Waals surface area (Å²) in [6.45, 7) is 3.25. The summed E-state index contributed by atoms with van der Waals surface area (Å²) in [6.07, 6.45) is 1.34. The third-order valence-electron chi connectivity index (χ3n) is 3.54. The minimum absolute atomic E-state index is 0.158. The second kappa shape index (κ2) is 6.75. The first-order chi connectivity index (χ1) is 12.4. The molecule has 1 aliphatic rings. The first-order valence-electron chi connectivity index (χ1n) is 7.91. The van der Waals surface area contributed by atoms with Crippen molar-refractivity contribution in [2.45, 2.75) is 19.6 Å². The number of benzene rings is 1. The Morgan fingerprint density at radius 1 is 1.23 bits per heavy atom. The highest BCUT2D eigenvalue weighted by molar-refractivity contribution is 5.90. The summed E-state index contributed by atoms with van der Waals surface area (Å²) in [5.41, 5.74) is 3.55. The molecule has 1 amide bonds. The van der Waals surface area contributed by atoms with Gasteiger partial charge in [-0.25, -0.2) is 9.78 Å². The van der Waals surface area contributed by atoms with Crippen molar-refractivity contribution in [1.29, 1.82) is 0 Å². The summed E-state index contributed by atoms with van der Waals surface area (Å²) in [4.78, 5) is 39.7. The predicted molar refractivity (Wildman–Crippen MR) is 95.2 cm³/mol. The highest BCUT2D eigenvalue weighted by atomic mass is 16.5. The minimum atomic E-state index is -1.61. The van der Waals surface area contributed by atoms with Crippen LogP contribution in [0.15, 0.2) is 41.3 Å². The van der Waals surface area contributed by atoms with Gasteiger partial charge in [0, 0.05) is 30.6 Å². The van der Waals surface area contributed by atoms with Crippen LogP contribution in [-0.2, 0) is 14.3 Å². The maximum absolute atomic E-state index is 12.6. The number of amides is 1. The number of carbonyl (C=O) groups excluding carboxylic acids is 2. The predicted octanol–water partition coefficient (Wildman–Crippen LogP) is 0.500. The molecular weight excluding hydrogens is 340 g/mol. The summed E-state index contributed by atoms with van der Waals surface area (Å²) in [5, 5.41) is 8.49. The van der Waals surface area contributed by atoms with Gasteiger partial charge in [-0.15, -0.1) is 0 Å². The summed E-state index contributed by atoms with van der Waals surface area (Å²) in [7, 11) is 0. The van der Waals surface area contributed by atoms with E-state index in [1.807, 2.05) is 0 Å². The topological polar surface area (TPSA) is 126 Å². The molecule has 4 N–H and O–H groups in total. The fraction of sp³-hybridized carbons (Fsp3) is 0.250. The molecule has 1 unspecified atom stereocenters. The lowest BCUT2D eigenvalue weighted by Crippen LogP contribution is -2.59. The quantitative estimate of drug-likeness (QED) is 0.569. The van der Waals surface area contributed by atoms with E-state index >= 15 is 0 Å². The third-order valence-corrected chi connectivity index (χ3v) is 3.54. The van der Waals surface area contributed by atoms with Gasteiger partial charge >= 0.3 is 11.8 Å². The number of anilines is 3. The Hall–Kier alpha value is -3.56. The zero-order valence-corrected chi connectivity index (χ0v) is 14.2. The minimum Gasteiger partial charge on any atom is -0.461 e. The Morgan fingerprint density at radius 2 is 1.92 bits per heavy atom. The molecule has 3 rings (SSSR count). The lowest BCUT2D eigenvalue weighted by Gasteiger charge is -2.28. The summed E-state index contributed by atoms with van der Waals surface area (Å²) in [5.74, 6) is -2.27. The Labute approximate surface area is 148 Å². The van der Waals surface area contributed by atoms with Crippen molar-refractivity contribution >= 4 is 29.2 Å². The monoisotopic (exact) mass is 358 g/mol. The van der Waals surface area contributed by atoms with E-state index in [1.165, 1.54) is 19.2 Å². The molecule has 1 aromatic heterocycles. The van der Waals surface area contributed by atoms with E-state index in [4.69, 9.17) is 4.74 Å². The number of hydrogen-bond donors (Lipinski definition) is 4. The van der Waals surface area contributed by atoms with Crippen LogP contribution in [0.4, 0.5) is 17.3 Å². The van der Waals surface area contributed by atoms with Crippen LogP contribution < -0.4 is 26.9 Å². The zero-order valence-electron chi connectivity index (χ0n) is 14.2. The van der Waals surface area contributed by atoms with Crippen LogP contribution in [0.1, 0.15) is 13.8 Å². The van der Waals surface area contributed by atoms with Crippen molar-refractivity contribution in [3.63, 3.8) is 0 Å². The van der Waals surface area contributed by atoms with E-state index < -0.39 is 11.8 Å². The standard InChI is InChI=1S/C16H18N6O4/c1-3-26-14(25)16(20-15-17-9-8-13(24)22(15)21-16)19-12-6-4-11(5-7-12)18-10(2)23/h4-9,19,21H,3H2,1-2H3,(H,17,20)(H,18,23). The Balaban J connectivity index is 1.89. The van der Waals surface area contributed by atoms with Crippen molar-refractivity contribution in [2.24, 2.45) is 0 Å². The second-order valence-electron chi connectivity index (χ2n) is 5.53. The average molecular weight is 358 g/mol. The van der Waals surface area contributed by atoms with E-state index in [0.717, 1.165) is 4.68 Å². The Morgan fingerprint density at radius 3 is 2.54 bits per heavy atom. The third kappa shape index (κ3) is 3.29. The number of fused-ring (bicyclic) bond motifs is 1. The van der Waals surface area contributed by atoms with Gasteiger partial charge in [0.2, 0.25) is 11.9 Å². The van der Waals surface area contributed by atoms with Crippen LogP contribution in [0.3, 0.4) is 0 Å². The number of esters is 1. The molecule has 10 nitrogen and oxygen atoms in total. The molecule has 1 aromatic carbocycles. The lowest BCUT2D eigenvalue weighted by atomic mass is 10.2. The van der Waals surface area contributed by atoms with E-state index in [1.54, 1.807) is 31.2 Å². The average Bonchev–Trinajstić information content (AvgIpc) is 2.98. The number of nitrogens with one attached hydrogen (secondary N) is 4. The maximum Gasteiger partial charge on any atom is 0.376 e. The van der Waals surface area contributed by atoms with Crippen molar-refractivity contribution in [2.75, 3.05) is 28.0 Å². The lowest BCUT2D eigenvalue weighted by molar-refractivity contribution is -0.146. The van der Waals surface area contributed by atoms with Gasteiger partial charge in [0.05, 0.1) is 6.61 Å². The molecular formula is C16H18N6O4. The molecule has 0 saturated heterocycles. The summed E-state index contributed by atoms with van der Waals surface area (Å²) in [6, 6.07) is 7.97. The first kappa shape index (κ1) is 17.3. The zero-order chi connectivity index (χ0) is 18.7. The number of hydrogen-bond acceptors (Lipinski definition) is 8. The van der Waals surface area contributed by atoms with E-state index in [-0.39, 0.29) is 24.0 Å². The molecule has 0 radical (unpaired) electrons. The van der Waals surface area contributed by atoms with Gasteiger partial charge in [0.15, 0.2) is 0 Å². The van der Waals surface area contributed by atoms with Crippen LogP contribution in [0.2, 0.25) is 0 Å². The molecule has 2 heterocycles. The van der Waals surface area contributed by atoms with Crippen molar-refractivity contribution in [3.05, 3.63) is 46.9 Å². The molecule has 0 bridgehead atoms. The SMILES string of the molecule is CCOC(=O)C1(Nc2ccc(NC(C)=O)cc2)Nc2nccc(=O)n2N1. The molecule has 0 saturated carbocycles. The van der Waals surface area contributed by atoms with Crippen molar-refractivity contribution in [1.82, 2.24) is 9.66 Å². The van der Waals surface area contributed by atoms with Crippen LogP contribution in [-0.4, -0.2) is 33.9 Å². The number of aromatic nitrogens is 2. The molecule has 1 aliphatic heterocycles. The van der Waals surface area contributed by atoms with Crippen LogP contribution in [0, 0.1) is 0 Å². The molecule has 26 heavy (non-hydrogen) atoms. The Bertz CT molecular complexity index is 894. The second-order valence-corrected chi connectivity index (χ2v) is 5.53. The van der Waals surface area contributed by atoms with Gasteiger partial charge in [-0.3, -0.25) is 15.0 Å². The van der Waals surface area contributed by atoms with Crippen LogP contribution in [0.5, 0.6) is 0 Å². The van der Waals surface area contributed by atoms with Gasteiger partial charge in [-0.2, -0.15) is 4.68 Å². The number of nitrogens with zero attached hydrogens (tertiary/aromatic N) is 2. The van der Waals surface area contributed by atoms with E-state index in [2.05, 4.69) is 26.4 Å². The Kier molecular flexibility index (Phi) is 4.48. The molecule has 0 fully saturated rings. The van der Waals surface area contributed by atoms with Gasteiger partial charge < -0.3 is 20.7 Å². The first-order valence-corrected chi connectivity index (χ1v) is 7.91. The number of rotatable bonds is 5. The normalized spacial score (nSPS) is 17.5. The molecule has 2 aromatic rings. The van der Waals surface area contributed by atoms with E-state index in [9.17, 15) is 14.4 Å². The van der Waals surface area contributed by atoms with Gasteiger partial charge in [-0.05, 0) is 31.2 Å². The van der Waals surface area contributed by atoms with E-state index in [0.29, 0.717) is 11.4 Å². The number of ether oxygens (including phenoxy) is 1. The fourth-order valence-electron chi connectivity index (χ4n) is 2.47. The van der Waals surface area contributed by atoms with Crippen LogP contribution in [0.25, 0.3) is 0 Å². The summed E-state index contributed by atoms with van der Waals surface area (Å²) < 4.78 is 6.24. The fourth-order valence-corrected chi connectivity index (χ4v) is 2.47. The molecule has 136 valence electrons. The maximum atomic E-state index is 12.6. The highest BCUT2D eigenvalue weighted by Gasteiger charge is 2.46. The van der Waals surface area contributed by atoms with Crippen molar-refractivity contribution in [3.8, 4) is 0 Å². The van der Waals surface area contributed by atoms with Crippen molar-refractivity contribution < 1.29 is 14.3 Å². The largest absolute Gasteiger partial charge is 0.461 e. The molecule has 0 spiro atoms. The smallest absolute Gasteiger partial charge is 0.376 e. The highest BCUT2D eigenvalue weighted by Crippen LogP contribution is 2.23. The van der Waals surface area contributed by atoms with Crippen LogP contribution >= 0.6 is 0 Å². The molecule has 1 atom stereocenters. The number of carbonyl (C=O) groups is 2. The van der Waals surface area contributed by atoms with Gasteiger partial charge in [-0.1, -0.05) is 0 Å².